The summed E-state index contributed by atoms with van der Waals surface area (Å²) in [7, 11) is 0. The minimum absolute atomic E-state index is 0.0856. The van der Waals surface area contributed by atoms with E-state index in [0.29, 0.717) is 10.9 Å². The summed E-state index contributed by atoms with van der Waals surface area (Å²) in [5.74, 6) is -4.00. The molecule has 2 rings (SSSR count). The van der Waals surface area contributed by atoms with Crippen molar-refractivity contribution in [3.05, 3.63) is 46.0 Å². The first-order chi connectivity index (χ1) is 13.6. The molecule has 0 saturated heterocycles. The number of aromatic carboxylic acids is 1. The first-order valence-corrected chi connectivity index (χ1v) is 9.71. The van der Waals surface area contributed by atoms with Gasteiger partial charge in [-0.05, 0) is 30.0 Å². The van der Waals surface area contributed by atoms with Crippen LogP contribution in [0, 0.1) is 11.6 Å². The number of rotatable bonds is 8. The Balaban J connectivity index is 2.05. The summed E-state index contributed by atoms with van der Waals surface area (Å²) in [6, 6.07) is 1.87. The molecule has 0 bridgehead atoms. The lowest BCUT2D eigenvalue weighted by Gasteiger charge is -2.16. The van der Waals surface area contributed by atoms with Crippen LogP contribution in [0.3, 0.4) is 0 Å². The first-order valence-electron chi connectivity index (χ1n) is 8.89. The number of hydrogen-bond donors (Lipinski definition) is 3. The van der Waals surface area contributed by atoms with Gasteiger partial charge in [-0.25, -0.2) is 18.6 Å². The normalized spacial score (nSPS) is 11.9. The number of benzene rings is 1. The van der Waals surface area contributed by atoms with Crippen molar-refractivity contribution < 1.29 is 28.3 Å². The largest absolute Gasteiger partial charge is 0.476 e. The van der Waals surface area contributed by atoms with E-state index in [-0.39, 0.29) is 35.1 Å². The molecule has 0 radical (unpaired) electrons. The predicted molar refractivity (Wildman–Crippen MR) is 104 cm³/mol. The second-order valence-corrected chi connectivity index (χ2v) is 7.69. The number of nitrogens with one attached hydrogen (secondary N) is 2. The van der Waals surface area contributed by atoms with E-state index in [9.17, 15) is 28.3 Å². The lowest BCUT2D eigenvalue weighted by atomic mass is 10.1. The maximum atomic E-state index is 13.2. The zero-order valence-corrected chi connectivity index (χ0v) is 16.9. The van der Waals surface area contributed by atoms with Gasteiger partial charge < -0.3 is 15.7 Å². The maximum Gasteiger partial charge on any atom is 0.355 e. The van der Waals surface area contributed by atoms with Crippen LogP contribution in [0.4, 0.5) is 13.9 Å². The van der Waals surface area contributed by atoms with Crippen molar-refractivity contribution in [1.29, 1.82) is 0 Å². The van der Waals surface area contributed by atoms with Crippen LogP contribution in [0.15, 0.2) is 18.2 Å². The van der Waals surface area contributed by atoms with Crippen LogP contribution < -0.4 is 10.6 Å². The molecule has 2 amide bonds. The van der Waals surface area contributed by atoms with Crippen molar-refractivity contribution in [2.24, 2.45) is 0 Å². The number of carbonyl (C=O) groups is 3. The summed E-state index contributed by atoms with van der Waals surface area (Å²) >= 11 is 1.06. The number of carboxylic acids is 1. The quantitative estimate of drug-likeness (QED) is 0.601. The van der Waals surface area contributed by atoms with Gasteiger partial charge in [-0.3, -0.25) is 9.59 Å². The van der Waals surface area contributed by atoms with Crippen LogP contribution in [-0.2, 0) is 16.0 Å². The molecule has 0 unspecified atom stereocenters. The Labute approximate surface area is 170 Å². The lowest BCUT2D eigenvalue weighted by Crippen LogP contribution is -2.44. The average Bonchev–Trinajstić information content (AvgIpc) is 3.03. The Morgan fingerprint density at radius 3 is 2.28 bits per heavy atom. The van der Waals surface area contributed by atoms with Gasteiger partial charge in [-0.15, -0.1) is 11.3 Å². The van der Waals surface area contributed by atoms with Gasteiger partial charge in [-0.1, -0.05) is 20.8 Å². The number of carboxylic acid groups (broad SMARTS) is 1. The molecule has 3 N–H and O–H groups in total. The number of aromatic nitrogens is 1. The molecule has 29 heavy (non-hydrogen) atoms. The molecule has 0 aliphatic rings. The van der Waals surface area contributed by atoms with Crippen LogP contribution in [0.5, 0.6) is 0 Å². The fraction of sp³-hybridized carbons (Fsp3) is 0.368. The zero-order valence-electron chi connectivity index (χ0n) is 16.1. The Morgan fingerprint density at radius 1 is 1.17 bits per heavy atom. The molecule has 0 fully saturated rings. The van der Waals surface area contributed by atoms with Gasteiger partial charge in [0.05, 0.1) is 6.42 Å². The molecule has 0 aliphatic carbocycles. The summed E-state index contributed by atoms with van der Waals surface area (Å²) < 4.78 is 26.5. The van der Waals surface area contributed by atoms with Crippen LogP contribution in [-0.4, -0.2) is 33.9 Å². The third kappa shape index (κ3) is 6.05. The Morgan fingerprint density at radius 2 is 1.79 bits per heavy atom. The lowest BCUT2D eigenvalue weighted by molar-refractivity contribution is -0.126. The van der Waals surface area contributed by atoms with E-state index in [4.69, 9.17) is 0 Å². The van der Waals surface area contributed by atoms with E-state index in [1.807, 2.05) is 13.8 Å². The van der Waals surface area contributed by atoms with E-state index in [0.717, 1.165) is 23.5 Å². The molecule has 2 aromatic rings. The highest BCUT2D eigenvalue weighted by Gasteiger charge is 2.24. The Hall–Kier alpha value is -2.88. The van der Waals surface area contributed by atoms with E-state index in [1.165, 1.54) is 0 Å². The minimum atomic E-state index is -1.19. The van der Waals surface area contributed by atoms with Gasteiger partial charge in [0, 0.05) is 10.9 Å². The van der Waals surface area contributed by atoms with E-state index in [2.05, 4.69) is 15.6 Å². The molecule has 1 aromatic heterocycles. The zero-order chi connectivity index (χ0) is 21.7. The summed E-state index contributed by atoms with van der Waals surface area (Å²) in [6.45, 7) is 5.31. The third-order valence-corrected chi connectivity index (χ3v) is 5.23. The average molecular weight is 425 g/mol. The number of halogens is 2. The van der Waals surface area contributed by atoms with Crippen LogP contribution in [0.2, 0.25) is 0 Å². The minimum Gasteiger partial charge on any atom is -0.476 e. The van der Waals surface area contributed by atoms with Gasteiger partial charge in [0.1, 0.15) is 17.7 Å². The molecule has 1 heterocycles. The van der Waals surface area contributed by atoms with Crippen molar-refractivity contribution in [1.82, 2.24) is 10.3 Å². The first kappa shape index (κ1) is 22.4. The number of anilines is 1. The smallest absolute Gasteiger partial charge is 0.355 e. The molecule has 0 aliphatic heterocycles. The van der Waals surface area contributed by atoms with Crippen molar-refractivity contribution in [3.8, 4) is 0 Å². The summed E-state index contributed by atoms with van der Waals surface area (Å²) in [4.78, 5) is 40.4. The fourth-order valence-corrected chi connectivity index (χ4v) is 3.58. The van der Waals surface area contributed by atoms with Gasteiger partial charge in [0.25, 0.3) is 0 Å². The monoisotopic (exact) mass is 425 g/mol. The molecule has 1 atom stereocenters. The highest BCUT2D eigenvalue weighted by atomic mass is 32.1. The van der Waals surface area contributed by atoms with Crippen LogP contribution >= 0.6 is 11.3 Å². The summed E-state index contributed by atoms with van der Waals surface area (Å²) in [6.07, 6.45) is -0.0420. The Bertz CT molecular complexity index is 910. The van der Waals surface area contributed by atoms with Gasteiger partial charge in [-0.2, -0.15) is 0 Å². The second kappa shape index (κ2) is 9.55. The standard InChI is InChI=1S/C19H21F2N3O4S/c1-4-13(22-14(25)7-10-5-11(20)8-12(21)6-10)17(26)24-19-23-15(18(27)28)16(29-19)9(2)3/h5-6,8-9,13H,4,7H2,1-3H3,(H,22,25)(H,27,28)(H,23,24,26)/t13-/m0/s1. The second-order valence-electron chi connectivity index (χ2n) is 6.66. The molecule has 10 heteroatoms. The van der Waals surface area contributed by atoms with E-state index >= 15 is 0 Å². The molecule has 0 spiro atoms. The molecule has 0 saturated carbocycles. The molecule has 1 aromatic carbocycles. The maximum absolute atomic E-state index is 13.2. The van der Waals surface area contributed by atoms with Gasteiger partial charge in [0.15, 0.2) is 10.8 Å². The van der Waals surface area contributed by atoms with Crippen molar-refractivity contribution in [2.75, 3.05) is 5.32 Å². The number of hydrogen-bond acceptors (Lipinski definition) is 5. The van der Waals surface area contributed by atoms with Crippen LogP contribution in [0.25, 0.3) is 0 Å². The summed E-state index contributed by atoms with van der Waals surface area (Å²) in [5.41, 5.74) is 0.0216. The van der Waals surface area contributed by atoms with Crippen molar-refractivity contribution >= 4 is 34.3 Å². The topological polar surface area (TPSA) is 108 Å². The van der Waals surface area contributed by atoms with Gasteiger partial charge in [0.2, 0.25) is 11.8 Å². The predicted octanol–water partition coefficient (Wildman–Crippen LogP) is 3.32. The fourth-order valence-electron chi connectivity index (χ4n) is 2.62. The molecule has 156 valence electrons. The van der Waals surface area contributed by atoms with Crippen molar-refractivity contribution in [2.45, 2.75) is 45.6 Å². The number of carbonyl (C=O) groups excluding carboxylic acids is 2. The third-order valence-electron chi connectivity index (χ3n) is 3.96. The van der Waals surface area contributed by atoms with Crippen molar-refractivity contribution in [3.63, 3.8) is 0 Å². The Kier molecular flexibility index (Phi) is 7.38. The summed E-state index contributed by atoms with van der Waals surface area (Å²) in [5, 5.41) is 14.4. The SMILES string of the molecule is CC[C@H](NC(=O)Cc1cc(F)cc(F)c1)C(=O)Nc1nc(C(=O)O)c(C(C)C)s1. The highest BCUT2D eigenvalue weighted by Crippen LogP contribution is 2.30. The number of amides is 2. The van der Waals surface area contributed by atoms with E-state index in [1.54, 1.807) is 6.92 Å². The molecular formula is C19H21F2N3O4S. The van der Waals surface area contributed by atoms with Gasteiger partial charge >= 0.3 is 5.97 Å². The number of nitrogens with zero attached hydrogens (tertiary/aromatic N) is 1. The molecular weight excluding hydrogens is 404 g/mol. The highest BCUT2D eigenvalue weighted by molar-refractivity contribution is 7.16. The van der Waals surface area contributed by atoms with Crippen LogP contribution in [0.1, 0.15) is 54.0 Å². The molecule has 7 nitrogen and oxygen atoms in total. The van der Waals surface area contributed by atoms with E-state index < -0.39 is 35.5 Å². The number of thiazole rings is 1.